The number of esters is 1. The van der Waals surface area contributed by atoms with Crippen LogP contribution in [0.3, 0.4) is 0 Å². The summed E-state index contributed by atoms with van der Waals surface area (Å²) in [5, 5.41) is 11.0. The van der Waals surface area contributed by atoms with Crippen molar-refractivity contribution < 1.29 is 19.1 Å². The Kier molecular flexibility index (Phi) is 6.99. The van der Waals surface area contributed by atoms with Gasteiger partial charge in [-0.15, -0.1) is 0 Å². The van der Waals surface area contributed by atoms with Crippen LogP contribution >= 0.6 is 0 Å². The Hall–Kier alpha value is -3.32. The number of likely N-dealkylation sites (tertiary alicyclic amines) is 1. The third-order valence-corrected chi connectivity index (χ3v) is 6.32. The Labute approximate surface area is 193 Å². The van der Waals surface area contributed by atoms with Gasteiger partial charge >= 0.3 is 5.97 Å². The van der Waals surface area contributed by atoms with Gasteiger partial charge in [-0.1, -0.05) is 30.3 Å². The van der Waals surface area contributed by atoms with Crippen molar-refractivity contribution in [2.45, 2.75) is 39.3 Å². The number of aryl methyl sites for hydroxylation is 1. The van der Waals surface area contributed by atoms with Crippen molar-refractivity contribution >= 4 is 5.97 Å². The molecule has 0 radical (unpaired) electrons. The number of ether oxygens (including phenoxy) is 1. The van der Waals surface area contributed by atoms with E-state index >= 15 is 0 Å². The predicted octanol–water partition coefficient (Wildman–Crippen LogP) is 3.87. The Morgan fingerprint density at radius 1 is 1.18 bits per heavy atom. The van der Waals surface area contributed by atoms with E-state index in [9.17, 15) is 14.7 Å². The number of carbonyl (C=O) groups excluding carboxylic acids is 1. The van der Waals surface area contributed by atoms with E-state index in [4.69, 9.17) is 9.15 Å². The van der Waals surface area contributed by atoms with E-state index in [1.54, 1.807) is 29.9 Å². The molecule has 2 aromatic heterocycles. The average Bonchev–Trinajstić information content (AvgIpc) is 3.34. The highest BCUT2D eigenvalue weighted by Crippen LogP contribution is 2.35. The zero-order valence-electron chi connectivity index (χ0n) is 19.1. The monoisotopic (exact) mass is 450 g/mol. The number of hydrogen-bond donors (Lipinski definition) is 1. The lowest BCUT2D eigenvalue weighted by Gasteiger charge is -2.37. The van der Waals surface area contributed by atoms with E-state index in [2.05, 4.69) is 4.90 Å². The van der Waals surface area contributed by atoms with Gasteiger partial charge in [-0.05, 0) is 63.5 Å². The van der Waals surface area contributed by atoms with Crippen molar-refractivity contribution in [1.29, 1.82) is 0 Å². The molecule has 174 valence electrons. The highest BCUT2D eigenvalue weighted by molar-refractivity contribution is 5.72. The number of aromatic nitrogens is 1. The lowest BCUT2D eigenvalue weighted by molar-refractivity contribution is -0.149. The Morgan fingerprint density at radius 2 is 1.91 bits per heavy atom. The summed E-state index contributed by atoms with van der Waals surface area (Å²) in [5.41, 5.74) is 1.68. The number of piperidine rings is 1. The normalized spacial score (nSPS) is 15.9. The first-order valence-corrected chi connectivity index (χ1v) is 11.4. The molecule has 0 bridgehead atoms. The van der Waals surface area contributed by atoms with Gasteiger partial charge in [0.2, 0.25) is 0 Å². The first-order chi connectivity index (χ1) is 16.0. The molecule has 1 aliphatic heterocycles. The number of pyridine rings is 1. The van der Waals surface area contributed by atoms with Crippen LogP contribution in [0.15, 0.2) is 64.0 Å². The summed E-state index contributed by atoms with van der Waals surface area (Å²) in [6.07, 6.45) is 2.88. The van der Waals surface area contributed by atoms with E-state index < -0.39 is 6.04 Å². The number of furan rings is 1. The molecule has 3 heterocycles. The molecule has 1 saturated heterocycles. The number of rotatable bonds is 7. The number of nitrogens with zero attached hydrogens (tertiary/aromatic N) is 2. The summed E-state index contributed by atoms with van der Waals surface area (Å²) in [7, 11) is 0. The Balaban J connectivity index is 1.72. The van der Waals surface area contributed by atoms with Crippen molar-refractivity contribution in [2.75, 3.05) is 19.7 Å². The lowest BCUT2D eigenvalue weighted by atomic mass is 9.91. The van der Waals surface area contributed by atoms with E-state index in [1.807, 2.05) is 43.3 Å². The summed E-state index contributed by atoms with van der Waals surface area (Å²) in [5.74, 6) is 0.352. The van der Waals surface area contributed by atoms with Crippen LogP contribution in [0.5, 0.6) is 5.75 Å². The molecule has 0 saturated carbocycles. The summed E-state index contributed by atoms with van der Waals surface area (Å²) in [6.45, 7) is 5.51. The van der Waals surface area contributed by atoms with Crippen LogP contribution in [-0.2, 0) is 16.1 Å². The molecule has 33 heavy (non-hydrogen) atoms. The predicted molar refractivity (Wildman–Crippen MR) is 124 cm³/mol. The van der Waals surface area contributed by atoms with Gasteiger partial charge in [0.15, 0.2) is 0 Å². The second-order valence-electron chi connectivity index (χ2n) is 8.43. The number of benzene rings is 1. The molecular formula is C26H30N2O5. The SMILES string of the molecule is CCOC(=O)C1CCN([C@H](c2ccccc2)c2c(O)cc(C)n(Cc3ccco3)c2=O)CC1. The van der Waals surface area contributed by atoms with Gasteiger partial charge in [0.05, 0.1) is 36.9 Å². The summed E-state index contributed by atoms with van der Waals surface area (Å²) >= 11 is 0. The lowest BCUT2D eigenvalue weighted by Crippen LogP contribution is -2.42. The van der Waals surface area contributed by atoms with Crippen molar-refractivity contribution in [1.82, 2.24) is 9.47 Å². The summed E-state index contributed by atoms with van der Waals surface area (Å²) < 4.78 is 12.3. The highest BCUT2D eigenvalue weighted by atomic mass is 16.5. The fraction of sp³-hybridized carbons (Fsp3) is 0.385. The van der Waals surface area contributed by atoms with Gasteiger partial charge in [-0.2, -0.15) is 0 Å². The largest absolute Gasteiger partial charge is 0.507 e. The van der Waals surface area contributed by atoms with E-state index in [0.29, 0.717) is 49.6 Å². The number of hydrogen-bond acceptors (Lipinski definition) is 6. The maximum Gasteiger partial charge on any atom is 0.309 e. The quantitative estimate of drug-likeness (QED) is 0.550. The van der Waals surface area contributed by atoms with E-state index in [-0.39, 0.29) is 29.7 Å². The van der Waals surface area contributed by atoms with Gasteiger partial charge in [0.25, 0.3) is 5.56 Å². The first kappa shape index (κ1) is 22.9. The molecule has 1 aliphatic rings. The first-order valence-electron chi connectivity index (χ1n) is 11.4. The molecule has 0 aliphatic carbocycles. The van der Waals surface area contributed by atoms with Crippen molar-refractivity contribution in [3.63, 3.8) is 0 Å². The van der Waals surface area contributed by atoms with Crippen molar-refractivity contribution in [3.8, 4) is 5.75 Å². The highest BCUT2D eigenvalue weighted by Gasteiger charge is 2.34. The molecule has 7 nitrogen and oxygen atoms in total. The van der Waals surface area contributed by atoms with E-state index in [0.717, 1.165) is 5.56 Å². The third kappa shape index (κ3) is 4.88. The fourth-order valence-electron chi connectivity index (χ4n) is 4.63. The maximum atomic E-state index is 13.7. The molecule has 1 atom stereocenters. The molecule has 1 N–H and O–H groups in total. The summed E-state index contributed by atoms with van der Waals surface area (Å²) in [6, 6.07) is 14.6. The van der Waals surface area contributed by atoms with Gasteiger partial charge in [-0.3, -0.25) is 14.5 Å². The van der Waals surface area contributed by atoms with Crippen LogP contribution in [0.25, 0.3) is 0 Å². The van der Waals surface area contributed by atoms with Crippen LogP contribution in [0.2, 0.25) is 0 Å². The maximum absolute atomic E-state index is 13.7. The molecule has 1 fully saturated rings. The molecule has 3 aromatic rings. The van der Waals surface area contributed by atoms with Crippen LogP contribution < -0.4 is 5.56 Å². The van der Waals surface area contributed by atoms with Gasteiger partial charge in [-0.25, -0.2) is 0 Å². The topological polar surface area (TPSA) is 84.9 Å². The molecular weight excluding hydrogens is 420 g/mol. The molecule has 1 aromatic carbocycles. The minimum atomic E-state index is -0.426. The van der Waals surface area contributed by atoms with Crippen molar-refractivity contribution in [2.24, 2.45) is 5.92 Å². The summed E-state index contributed by atoms with van der Waals surface area (Å²) in [4.78, 5) is 28.1. The van der Waals surface area contributed by atoms with Gasteiger partial charge in [0, 0.05) is 5.69 Å². The molecule has 0 spiro atoms. The number of carbonyl (C=O) groups is 1. The van der Waals surface area contributed by atoms with Crippen molar-refractivity contribution in [3.05, 3.63) is 87.7 Å². The second-order valence-corrected chi connectivity index (χ2v) is 8.43. The average molecular weight is 451 g/mol. The minimum absolute atomic E-state index is 0.0189. The zero-order chi connectivity index (χ0) is 23.4. The molecule has 4 rings (SSSR count). The second kappa shape index (κ2) is 10.1. The van der Waals surface area contributed by atoms with Crippen LogP contribution in [0.4, 0.5) is 0 Å². The zero-order valence-corrected chi connectivity index (χ0v) is 19.1. The molecule has 0 unspecified atom stereocenters. The van der Waals surface area contributed by atoms with Crippen LogP contribution in [-0.4, -0.2) is 40.2 Å². The Morgan fingerprint density at radius 3 is 2.55 bits per heavy atom. The fourth-order valence-corrected chi connectivity index (χ4v) is 4.63. The van der Waals surface area contributed by atoms with Gasteiger partial charge in [0.1, 0.15) is 11.5 Å². The van der Waals surface area contributed by atoms with Crippen LogP contribution in [0.1, 0.15) is 48.4 Å². The standard InChI is InChI=1S/C26H30N2O5/c1-3-32-26(31)20-11-13-27(14-12-20)24(19-8-5-4-6-9-19)23-22(29)16-18(2)28(25(23)30)17-21-10-7-15-33-21/h4-10,15-16,20,24,29H,3,11-14,17H2,1-2H3/t24-/m1/s1. The van der Waals surface area contributed by atoms with Gasteiger partial charge < -0.3 is 18.8 Å². The van der Waals surface area contributed by atoms with E-state index in [1.165, 1.54) is 0 Å². The number of aromatic hydroxyl groups is 1. The smallest absolute Gasteiger partial charge is 0.309 e. The minimum Gasteiger partial charge on any atom is -0.507 e. The van der Waals surface area contributed by atoms with Crippen LogP contribution in [0, 0.1) is 12.8 Å². The molecule has 0 amide bonds. The Bertz CT molecular complexity index is 1130. The molecule has 7 heteroatoms. The third-order valence-electron chi connectivity index (χ3n) is 6.32.